The topological polar surface area (TPSA) is 24.4 Å². The molecule has 0 aliphatic heterocycles. The van der Waals surface area contributed by atoms with Gasteiger partial charge in [0, 0.05) is 12.5 Å². The Morgan fingerprint density at radius 1 is 1.50 bits per heavy atom. The van der Waals surface area contributed by atoms with E-state index in [-0.39, 0.29) is 6.04 Å². The number of nitrogens with zero attached hydrogens (tertiary/aromatic N) is 1. The Kier molecular flexibility index (Phi) is 4.21. The minimum Gasteiger partial charge on any atom is -0.343 e. The summed E-state index contributed by atoms with van der Waals surface area (Å²) < 4.78 is 13.1. The third kappa shape index (κ3) is 6.13. The summed E-state index contributed by atoms with van der Waals surface area (Å²) in [6.45, 7) is 8.88. The second-order valence-corrected chi connectivity index (χ2v) is 3.62. The van der Waals surface area contributed by atoms with Gasteiger partial charge in [0.15, 0.2) is 5.79 Å². The lowest BCUT2D eigenvalue weighted by Crippen LogP contribution is -2.39. The fourth-order valence-corrected chi connectivity index (χ4v) is 0.867. The number of hydrogen-bond donors (Lipinski definition) is 1. The van der Waals surface area contributed by atoms with E-state index in [9.17, 15) is 4.39 Å². The summed E-state index contributed by atoms with van der Waals surface area (Å²) in [6, 6.07) is 0.217. The van der Waals surface area contributed by atoms with Crippen LogP contribution in [0.4, 0.5) is 4.39 Å². The van der Waals surface area contributed by atoms with E-state index in [4.69, 9.17) is 0 Å². The summed E-state index contributed by atoms with van der Waals surface area (Å²) in [5, 5.41) is 2.72. The van der Waals surface area contributed by atoms with Crippen molar-refractivity contribution >= 4 is 5.84 Å². The molecule has 0 heterocycles. The van der Waals surface area contributed by atoms with Crippen LogP contribution in [-0.4, -0.2) is 17.7 Å². The molecule has 0 saturated heterocycles. The Balaban J connectivity index is 4.18. The Labute approximate surface area is 74.3 Å². The Hall–Kier alpha value is -0.600. The minimum atomic E-state index is -1.37. The van der Waals surface area contributed by atoms with Crippen molar-refractivity contribution in [3.8, 4) is 0 Å². The lowest BCUT2D eigenvalue weighted by molar-refractivity contribution is 0.195. The summed E-state index contributed by atoms with van der Waals surface area (Å²) in [4.78, 5) is 4.25. The Morgan fingerprint density at radius 2 is 2.00 bits per heavy atom. The highest BCUT2D eigenvalue weighted by molar-refractivity contribution is 5.82. The van der Waals surface area contributed by atoms with Crippen LogP contribution in [-0.2, 0) is 0 Å². The average Bonchev–Trinajstić information content (AvgIpc) is 1.82. The molecule has 12 heavy (non-hydrogen) atoms. The molecule has 72 valence electrons. The number of hydrogen-bond acceptors (Lipinski definition) is 1. The zero-order chi connectivity index (χ0) is 9.78. The average molecular weight is 174 g/mol. The van der Waals surface area contributed by atoms with E-state index < -0.39 is 5.79 Å². The quantitative estimate of drug-likeness (QED) is 0.397. The number of alkyl halides is 1. The molecule has 0 aliphatic rings. The van der Waals surface area contributed by atoms with E-state index in [1.54, 1.807) is 0 Å². The van der Waals surface area contributed by atoms with Gasteiger partial charge in [0.05, 0.1) is 5.84 Å². The molecular weight excluding hydrogens is 155 g/mol. The molecule has 0 fully saturated rings. The SMILES string of the molecule is CCC(=NC(C)C)NC(C)(C)F. The second kappa shape index (κ2) is 4.43. The van der Waals surface area contributed by atoms with E-state index in [1.807, 2.05) is 20.8 Å². The van der Waals surface area contributed by atoms with Crippen LogP contribution in [0.2, 0.25) is 0 Å². The molecule has 0 aliphatic carbocycles. The monoisotopic (exact) mass is 174 g/mol. The lowest BCUT2D eigenvalue weighted by Gasteiger charge is -2.19. The van der Waals surface area contributed by atoms with Crippen molar-refractivity contribution in [3.63, 3.8) is 0 Å². The van der Waals surface area contributed by atoms with Gasteiger partial charge in [-0.3, -0.25) is 4.99 Å². The first kappa shape index (κ1) is 11.4. The van der Waals surface area contributed by atoms with Crippen molar-refractivity contribution in [3.05, 3.63) is 0 Å². The van der Waals surface area contributed by atoms with Crippen LogP contribution in [0, 0.1) is 0 Å². The molecule has 0 saturated carbocycles. The van der Waals surface area contributed by atoms with E-state index >= 15 is 0 Å². The predicted molar refractivity (Wildman–Crippen MR) is 51.2 cm³/mol. The van der Waals surface area contributed by atoms with Gasteiger partial charge in [-0.05, 0) is 27.7 Å². The number of aliphatic imine (C=N–C) groups is 1. The molecule has 0 atom stereocenters. The molecule has 0 aromatic rings. The normalized spacial score (nSPS) is 13.8. The van der Waals surface area contributed by atoms with Gasteiger partial charge in [0.25, 0.3) is 0 Å². The van der Waals surface area contributed by atoms with E-state index in [1.165, 1.54) is 13.8 Å². The fourth-order valence-electron chi connectivity index (χ4n) is 0.867. The Bertz CT molecular complexity index is 156. The maximum absolute atomic E-state index is 13.1. The molecule has 0 radical (unpaired) electrons. The summed E-state index contributed by atoms with van der Waals surface area (Å²) in [7, 11) is 0. The van der Waals surface area contributed by atoms with Crippen molar-refractivity contribution in [1.29, 1.82) is 0 Å². The molecule has 0 unspecified atom stereocenters. The van der Waals surface area contributed by atoms with Crippen LogP contribution >= 0.6 is 0 Å². The minimum absolute atomic E-state index is 0.217. The molecule has 0 aromatic carbocycles. The highest BCUT2D eigenvalue weighted by Gasteiger charge is 2.15. The van der Waals surface area contributed by atoms with Crippen LogP contribution in [0.5, 0.6) is 0 Å². The summed E-state index contributed by atoms with van der Waals surface area (Å²) in [5.41, 5.74) is 0. The third-order valence-electron chi connectivity index (χ3n) is 1.19. The van der Waals surface area contributed by atoms with E-state index in [2.05, 4.69) is 10.3 Å². The van der Waals surface area contributed by atoms with Crippen LogP contribution in [0.1, 0.15) is 41.0 Å². The molecule has 0 aromatic heterocycles. The Morgan fingerprint density at radius 3 is 2.25 bits per heavy atom. The van der Waals surface area contributed by atoms with Crippen LogP contribution in [0.15, 0.2) is 4.99 Å². The highest BCUT2D eigenvalue weighted by Crippen LogP contribution is 2.04. The van der Waals surface area contributed by atoms with Crippen LogP contribution < -0.4 is 5.32 Å². The van der Waals surface area contributed by atoms with Gasteiger partial charge in [-0.2, -0.15) is 0 Å². The van der Waals surface area contributed by atoms with Gasteiger partial charge in [-0.1, -0.05) is 6.92 Å². The molecule has 0 rings (SSSR count). The van der Waals surface area contributed by atoms with Gasteiger partial charge < -0.3 is 5.32 Å². The summed E-state index contributed by atoms with van der Waals surface area (Å²) in [5.74, 6) is -0.638. The van der Waals surface area contributed by atoms with Gasteiger partial charge >= 0.3 is 0 Å². The number of nitrogens with one attached hydrogen (secondary N) is 1. The lowest BCUT2D eigenvalue weighted by atomic mass is 10.3. The molecule has 2 nitrogen and oxygen atoms in total. The number of rotatable bonds is 3. The molecular formula is C9H19FN2. The van der Waals surface area contributed by atoms with Crippen molar-refractivity contribution in [2.75, 3.05) is 0 Å². The standard InChI is InChI=1S/C9H19FN2/c1-6-8(11-7(2)3)12-9(4,5)10/h7H,6H2,1-5H3,(H,11,12). The zero-order valence-electron chi connectivity index (χ0n) is 8.61. The largest absolute Gasteiger partial charge is 0.343 e. The van der Waals surface area contributed by atoms with E-state index in [0.717, 1.165) is 12.3 Å². The summed E-state index contributed by atoms with van der Waals surface area (Å²) in [6.07, 6.45) is 0.742. The fraction of sp³-hybridized carbons (Fsp3) is 0.889. The van der Waals surface area contributed by atoms with Crippen molar-refractivity contribution in [1.82, 2.24) is 5.32 Å². The predicted octanol–water partition coefficient (Wildman–Crippen LogP) is 2.50. The first-order valence-electron chi connectivity index (χ1n) is 4.39. The van der Waals surface area contributed by atoms with E-state index in [0.29, 0.717) is 0 Å². The highest BCUT2D eigenvalue weighted by atomic mass is 19.1. The third-order valence-corrected chi connectivity index (χ3v) is 1.19. The molecule has 0 bridgehead atoms. The summed E-state index contributed by atoms with van der Waals surface area (Å²) >= 11 is 0. The van der Waals surface area contributed by atoms with Crippen LogP contribution in [0.25, 0.3) is 0 Å². The smallest absolute Gasteiger partial charge is 0.175 e. The molecule has 1 N–H and O–H groups in total. The molecule has 0 spiro atoms. The van der Waals surface area contributed by atoms with Gasteiger partial charge in [0.2, 0.25) is 0 Å². The van der Waals surface area contributed by atoms with Gasteiger partial charge in [0.1, 0.15) is 0 Å². The van der Waals surface area contributed by atoms with Gasteiger partial charge in [-0.25, -0.2) is 4.39 Å². The first-order chi connectivity index (χ1) is 5.35. The maximum atomic E-state index is 13.1. The van der Waals surface area contributed by atoms with Crippen molar-refractivity contribution in [2.45, 2.75) is 52.9 Å². The van der Waals surface area contributed by atoms with Gasteiger partial charge in [-0.15, -0.1) is 0 Å². The van der Waals surface area contributed by atoms with Crippen molar-refractivity contribution in [2.24, 2.45) is 4.99 Å². The molecule has 0 amide bonds. The zero-order valence-corrected chi connectivity index (χ0v) is 8.61. The second-order valence-electron chi connectivity index (χ2n) is 3.62. The van der Waals surface area contributed by atoms with Crippen LogP contribution in [0.3, 0.4) is 0 Å². The number of amidine groups is 1. The number of halogens is 1. The maximum Gasteiger partial charge on any atom is 0.175 e. The molecule has 3 heteroatoms. The van der Waals surface area contributed by atoms with Crippen molar-refractivity contribution < 1.29 is 4.39 Å². The first-order valence-corrected chi connectivity index (χ1v) is 4.39.